The van der Waals surface area contributed by atoms with Gasteiger partial charge in [0, 0.05) is 58.9 Å². The van der Waals surface area contributed by atoms with Crippen molar-refractivity contribution < 1.29 is 57.2 Å². The molecule has 6 atom stereocenters. The molecule has 0 saturated carbocycles. The molecule has 0 radical (unpaired) electrons. The van der Waals surface area contributed by atoms with E-state index < -0.39 is 72.4 Å². The van der Waals surface area contributed by atoms with Crippen LogP contribution in [-0.2, 0) is 76.8 Å². The number of hydrogen-bond acceptors (Lipinski definition) is 15. The maximum absolute atomic E-state index is 13.2. The second kappa shape index (κ2) is 20.6. The average Bonchev–Trinajstić information content (AvgIpc) is 3.91. The highest BCUT2D eigenvalue weighted by atomic mass is 16.6. The number of rotatable bonds is 6. The number of fused-ring (bicyclic) bond motifs is 3. The standard InChI is InChI=1S/C45H51N3O12/c49-40-16-18-42(51)57-36-27-47(23-32-12-6-2-7-13-32)29-38(36)59-44(53)20-21-45(54)60-39-30-48(24-33-14-8-3-9-15-33)28-37(39)58-43(52)19-17-41(50)56-35-26-46(25-34(35)55-40)22-31-10-4-1-5-11-31/h1-15,34-39H,16-30H2/t34-,35-,36-,37-,38-,39?/m0/s1. The van der Waals surface area contributed by atoms with Gasteiger partial charge in [0.2, 0.25) is 0 Å². The molecule has 3 aromatic carbocycles. The molecule has 0 N–H and O–H groups in total. The number of carbonyl (C=O) groups is 6. The van der Waals surface area contributed by atoms with E-state index in [0.29, 0.717) is 19.6 Å². The fourth-order valence-corrected chi connectivity index (χ4v) is 8.03. The molecular weight excluding hydrogens is 775 g/mol. The lowest BCUT2D eigenvalue weighted by Gasteiger charge is -2.21. The van der Waals surface area contributed by atoms with Crippen LogP contribution in [0.15, 0.2) is 91.0 Å². The molecule has 4 aliphatic heterocycles. The Morgan fingerprint density at radius 1 is 0.317 bits per heavy atom. The highest BCUT2D eigenvalue weighted by Crippen LogP contribution is 2.25. The number of carbonyl (C=O) groups excluding carboxylic acids is 6. The number of benzene rings is 3. The average molecular weight is 826 g/mol. The predicted octanol–water partition coefficient (Wildman–Crippen LogP) is 3.36. The lowest BCUT2D eigenvalue weighted by atomic mass is 10.2. The topological polar surface area (TPSA) is 168 Å². The van der Waals surface area contributed by atoms with Crippen LogP contribution in [0.4, 0.5) is 0 Å². The third-order valence-electron chi connectivity index (χ3n) is 10.9. The Hall–Kier alpha value is -5.64. The minimum atomic E-state index is -0.826. The van der Waals surface area contributed by atoms with E-state index in [9.17, 15) is 28.8 Å². The molecule has 0 spiro atoms. The summed E-state index contributed by atoms with van der Waals surface area (Å²) < 4.78 is 34.9. The number of esters is 6. The lowest BCUT2D eigenvalue weighted by Crippen LogP contribution is -2.36. The van der Waals surface area contributed by atoms with Crippen molar-refractivity contribution in [2.24, 2.45) is 0 Å². The van der Waals surface area contributed by atoms with Gasteiger partial charge >= 0.3 is 35.8 Å². The summed E-state index contributed by atoms with van der Waals surface area (Å²) in [6, 6.07) is 29.1. The Balaban J connectivity index is 1.05. The van der Waals surface area contributed by atoms with Crippen LogP contribution >= 0.6 is 0 Å². The van der Waals surface area contributed by atoms with E-state index in [4.69, 9.17) is 28.4 Å². The van der Waals surface area contributed by atoms with Gasteiger partial charge in [0.1, 0.15) is 0 Å². The van der Waals surface area contributed by atoms with Gasteiger partial charge in [-0.05, 0) is 16.7 Å². The maximum Gasteiger partial charge on any atom is 0.306 e. The monoisotopic (exact) mass is 825 g/mol. The van der Waals surface area contributed by atoms with E-state index in [1.165, 1.54) is 0 Å². The van der Waals surface area contributed by atoms with Crippen molar-refractivity contribution in [1.29, 1.82) is 0 Å². The van der Waals surface area contributed by atoms with E-state index in [1.54, 1.807) is 0 Å². The Kier molecular flexibility index (Phi) is 14.6. The van der Waals surface area contributed by atoms with Crippen molar-refractivity contribution in [3.05, 3.63) is 108 Å². The number of ether oxygens (including phenoxy) is 6. The van der Waals surface area contributed by atoms with Crippen molar-refractivity contribution >= 4 is 35.8 Å². The molecule has 0 bridgehead atoms. The normalized spacial score (nSPS) is 27.2. The van der Waals surface area contributed by atoms with Crippen molar-refractivity contribution in [3.8, 4) is 0 Å². The van der Waals surface area contributed by atoms with Gasteiger partial charge in [-0.25, -0.2) is 0 Å². The Bertz CT molecular complexity index is 1650. The largest absolute Gasteiger partial charge is 0.457 e. The first-order chi connectivity index (χ1) is 29.1. The van der Waals surface area contributed by atoms with Gasteiger partial charge in [-0.3, -0.25) is 43.5 Å². The number of hydrogen-bond donors (Lipinski definition) is 0. The van der Waals surface area contributed by atoms with Gasteiger partial charge in [-0.1, -0.05) is 91.0 Å². The molecule has 60 heavy (non-hydrogen) atoms. The molecule has 0 amide bonds. The summed E-state index contributed by atoms with van der Waals surface area (Å²) in [5.41, 5.74) is 3.06. The molecule has 7 rings (SSSR count). The minimum absolute atomic E-state index is 0.276. The molecular formula is C45H51N3O12. The molecule has 3 aromatic rings. The van der Waals surface area contributed by atoms with Crippen LogP contribution in [0, 0.1) is 0 Å². The van der Waals surface area contributed by atoms with E-state index >= 15 is 0 Å². The molecule has 4 aliphatic rings. The van der Waals surface area contributed by atoms with Crippen LogP contribution < -0.4 is 0 Å². The Morgan fingerprint density at radius 3 is 0.683 bits per heavy atom. The van der Waals surface area contributed by atoms with Crippen molar-refractivity contribution in [3.63, 3.8) is 0 Å². The Labute approximate surface area is 348 Å². The second-order valence-electron chi connectivity index (χ2n) is 15.7. The molecule has 4 fully saturated rings. The summed E-state index contributed by atoms with van der Waals surface area (Å²) in [7, 11) is 0. The van der Waals surface area contributed by atoms with Crippen molar-refractivity contribution in [1.82, 2.24) is 14.7 Å². The van der Waals surface area contributed by atoms with Gasteiger partial charge in [-0.15, -0.1) is 0 Å². The zero-order valence-electron chi connectivity index (χ0n) is 33.5. The van der Waals surface area contributed by atoms with Crippen LogP contribution in [-0.4, -0.2) is 126 Å². The summed E-state index contributed by atoms with van der Waals surface area (Å²) in [5, 5.41) is 0. The van der Waals surface area contributed by atoms with E-state index in [0.717, 1.165) is 16.7 Å². The predicted molar refractivity (Wildman–Crippen MR) is 212 cm³/mol. The van der Waals surface area contributed by atoms with E-state index in [2.05, 4.69) is 0 Å². The zero-order chi connectivity index (χ0) is 41.8. The molecule has 0 aromatic heterocycles. The quantitative estimate of drug-likeness (QED) is 0.262. The molecule has 15 heteroatoms. The summed E-state index contributed by atoms with van der Waals surface area (Å²) in [6.07, 6.45) is -6.71. The first-order valence-corrected chi connectivity index (χ1v) is 20.6. The van der Waals surface area contributed by atoms with Gasteiger partial charge in [0.15, 0.2) is 36.6 Å². The van der Waals surface area contributed by atoms with Crippen molar-refractivity contribution in [2.45, 2.75) is 94.8 Å². The summed E-state index contributed by atoms with van der Waals surface area (Å²) >= 11 is 0. The third kappa shape index (κ3) is 12.4. The van der Waals surface area contributed by atoms with Gasteiger partial charge in [-0.2, -0.15) is 0 Å². The van der Waals surface area contributed by atoms with Gasteiger partial charge in [0.25, 0.3) is 0 Å². The van der Waals surface area contributed by atoms with Crippen molar-refractivity contribution in [2.75, 3.05) is 39.3 Å². The fourth-order valence-electron chi connectivity index (χ4n) is 8.03. The minimum Gasteiger partial charge on any atom is -0.457 e. The van der Waals surface area contributed by atoms with Gasteiger partial charge in [0.05, 0.1) is 38.5 Å². The molecule has 318 valence electrons. The lowest BCUT2D eigenvalue weighted by molar-refractivity contribution is -0.170. The van der Waals surface area contributed by atoms with Crippen LogP contribution in [0.2, 0.25) is 0 Å². The van der Waals surface area contributed by atoms with Crippen LogP contribution in [0.25, 0.3) is 0 Å². The van der Waals surface area contributed by atoms with Crippen LogP contribution in [0.5, 0.6) is 0 Å². The molecule has 0 aliphatic carbocycles. The second-order valence-corrected chi connectivity index (χ2v) is 15.7. The maximum atomic E-state index is 13.2. The molecule has 4 saturated heterocycles. The number of likely N-dealkylation sites (tertiary alicyclic amines) is 3. The molecule has 4 heterocycles. The summed E-state index contributed by atoms with van der Waals surface area (Å²) in [6.45, 7) is 3.21. The van der Waals surface area contributed by atoms with E-state index in [-0.39, 0.29) is 77.8 Å². The first-order valence-electron chi connectivity index (χ1n) is 20.6. The first kappa shape index (κ1) is 42.5. The Morgan fingerprint density at radius 2 is 0.500 bits per heavy atom. The van der Waals surface area contributed by atoms with Crippen LogP contribution in [0.3, 0.4) is 0 Å². The van der Waals surface area contributed by atoms with E-state index in [1.807, 2.05) is 106 Å². The molecule has 15 nitrogen and oxygen atoms in total. The van der Waals surface area contributed by atoms with Crippen LogP contribution in [0.1, 0.15) is 55.2 Å². The third-order valence-corrected chi connectivity index (χ3v) is 10.9. The smallest absolute Gasteiger partial charge is 0.306 e. The summed E-state index contributed by atoms with van der Waals surface area (Å²) in [4.78, 5) is 85.0. The highest BCUT2D eigenvalue weighted by molar-refractivity contribution is 5.80. The zero-order valence-corrected chi connectivity index (χ0v) is 33.5. The van der Waals surface area contributed by atoms with Gasteiger partial charge < -0.3 is 28.4 Å². The molecule has 1 unspecified atom stereocenters. The SMILES string of the molecule is O=C1CCC(=O)O[C@H]2CN(Cc3ccccc3)C[C@@H]2OC(=O)CCC(=O)O[C@H]2CN(Cc3ccccc3)C[C@@H]2OC(=O)CCC(=O)O[C@H]2CN(Cc3ccccc3)CC2O1. The number of nitrogens with zero attached hydrogens (tertiary/aromatic N) is 3. The highest BCUT2D eigenvalue weighted by Gasteiger charge is 2.42. The fraction of sp³-hybridized carbons (Fsp3) is 0.467. The summed E-state index contributed by atoms with van der Waals surface area (Å²) in [5.74, 6) is -4.02.